The highest BCUT2D eigenvalue weighted by Crippen LogP contribution is 2.25. The zero-order valence-corrected chi connectivity index (χ0v) is 18.4. The Balaban J connectivity index is 1.54. The third-order valence-electron chi connectivity index (χ3n) is 5.69. The number of carbonyl (C=O) groups excluding carboxylic acids is 1. The molecule has 0 bridgehead atoms. The maximum absolute atomic E-state index is 13.4. The first kappa shape index (κ1) is 21.4. The molecule has 0 unspecified atom stereocenters. The van der Waals surface area contributed by atoms with Crippen molar-refractivity contribution in [3.8, 4) is 0 Å². The fourth-order valence-electron chi connectivity index (χ4n) is 4.00. The standard InChI is InChI=1S/C25H31N3O3/c1-26(2)19-24(20-3-7-22(8-4-20)27-11-15-30-16-12-27)25(29)21-5-9-23(10-6-21)28-13-17-31-18-14-28/h3-10,19H,11-18H2,1-2H3. The highest BCUT2D eigenvalue weighted by atomic mass is 16.5. The molecule has 6 nitrogen and oxygen atoms in total. The summed E-state index contributed by atoms with van der Waals surface area (Å²) < 4.78 is 10.9. The van der Waals surface area contributed by atoms with Crippen molar-refractivity contribution in [1.29, 1.82) is 0 Å². The molecule has 0 saturated carbocycles. The van der Waals surface area contributed by atoms with Gasteiger partial charge >= 0.3 is 0 Å². The van der Waals surface area contributed by atoms with Gasteiger partial charge in [-0.25, -0.2) is 0 Å². The Morgan fingerprint density at radius 1 is 0.742 bits per heavy atom. The lowest BCUT2D eigenvalue weighted by Crippen LogP contribution is -2.36. The van der Waals surface area contributed by atoms with Crippen LogP contribution in [0.1, 0.15) is 15.9 Å². The number of morpholine rings is 2. The molecule has 31 heavy (non-hydrogen) atoms. The van der Waals surface area contributed by atoms with Crippen LogP contribution in [0.4, 0.5) is 11.4 Å². The number of carbonyl (C=O) groups is 1. The van der Waals surface area contributed by atoms with Crippen LogP contribution in [0, 0.1) is 0 Å². The van der Waals surface area contributed by atoms with Crippen molar-refractivity contribution in [2.45, 2.75) is 0 Å². The number of hydrogen-bond acceptors (Lipinski definition) is 6. The molecule has 2 aromatic carbocycles. The number of rotatable bonds is 6. The summed E-state index contributed by atoms with van der Waals surface area (Å²) >= 11 is 0. The van der Waals surface area contributed by atoms with Gasteiger partial charge in [-0.1, -0.05) is 12.1 Å². The van der Waals surface area contributed by atoms with E-state index in [1.165, 1.54) is 5.69 Å². The predicted octanol–water partition coefficient (Wildman–Crippen LogP) is 3.15. The number of ketones is 1. The minimum atomic E-state index is 0.0290. The van der Waals surface area contributed by atoms with Gasteiger partial charge in [-0.15, -0.1) is 0 Å². The maximum atomic E-state index is 13.4. The van der Waals surface area contributed by atoms with E-state index in [2.05, 4.69) is 21.9 Å². The van der Waals surface area contributed by atoms with Crippen molar-refractivity contribution in [1.82, 2.24) is 4.90 Å². The van der Waals surface area contributed by atoms with E-state index in [0.29, 0.717) is 11.1 Å². The first-order valence-corrected chi connectivity index (χ1v) is 10.9. The molecule has 0 atom stereocenters. The summed E-state index contributed by atoms with van der Waals surface area (Å²) in [6.07, 6.45) is 1.90. The molecule has 0 amide bonds. The third-order valence-corrected chi connectivity index (χ3v) is 5.69. The van der Waals surface area contributed by atoms with Crippen LogP contribution in [-0.4, -0.2) is 77.4 Å². The second-order valence-corrected chi connectivity index (χ2v) is 8.13. The minimum absolute atomic E-state index is 0.0290. The van der Waals surface area contributed by atoms with Crippen molar-refractivity contribution < 1.29 is 14.3 Å². The number of Topliss-reactive ketones (excluding diaryl/α,β-unsaturated/α-hetero) is 1. The third kappa shape index (κ3) is 5.27. The summed E-state index contributed by atoms with van der Waals surface area (Å²) in [5.41, 5.74) is 4.61. The maximum Gasteiger partial charge on any atom is 0.195 e. The largest absolute Gasteiger partial charge is 0.383 e. The Morgan fingerprint density at radius 2 is 1.16 bits per heavy atom. The lowest BCUT2D eigenvalue weighted by atomic mass is 9.96. The SMILES string of the molecule is CN(C)C=C(C(=O)c1ccc(N2CCOCC2)cc1)c1ccc(N2CCOCC2)cc1. The van der Waals surface area contributed by atoms with Gasteiger partial charge in [0.15, 0.2) is 5.78 Å². The average Bonchev–Trinajstić information content (AvgIpc) is 2.83. The monoisotopic (exact) mass is 421 g/mol. The van der Waals surface area contributed by atoms with Crippen LogP contribution in [0.3, 0.4) is 0 Å². The van der Waals surface area contributed by atoms with Gasteiger partial charge < -0.3 is 24.2 Å². The molecule has 0 radical (unpaired) electrons. The van der Waals surface area contributed by atoms with Gasteiger partial charge in [-0.3, -0.25) is 4.79 Å². The molecule has 2 aliphatic rings. The van der Waals surface area contributed by atoms with Gasteiger partial charge in [-0.2, -0.15) is 0 Å². The molecular formula is C25H31N3O3. The molecular weight excluding hydrogens is 390 g/mol. The van der Waals surface area contributed by atoms with Crippen LogP contribution in [0.5, 0.6) is 0 Å². The summed E-state index contributed by atoms with van der Waals surface area (Å²) in [7, 11) is 3.88. The van der Waals surface area contributed by atoms with E-state index < -0.39 is 0 Å². The van der Waals surface area contributed by atoms with Crippen molar-refractivity contribution in [3.63, 3.8) is 0 Å². The molecule has 2 heterocycles. The molecule has 0 aromatic heterocycles. The Bertz CT molecular complexity index is 895. The Hall–Kier alpha value is -2.83. The van der Waals surface area contributed by atoms with E-state index in [0.717, 1.165) is 63.9 Å². The normalized spacial score (nSPS) is 17.5. The smallest absolute Gasteiger partial charge is 0.195 e. The Kier molecular flexibility index (Phi) is 6.89. The summed E-state index contributed by atoms with van der Waals surface area (Å²) in [6, 6.07) is 16.2. The summed E-state index contributed by atoms with van der Waals surface area (Å²) in [5, 5.41) is 0. The molecule has 4 rings (SSSR count). The van der Waals surface area contributed by atoms with Crippen molar-refractivity contribution in [2.75, 3.05) is 76.5 Å². The van der Waals surface area contributed by atoms with Gasteiger partial charge in [0, 0.05) is 69.0 Å². The van der Waals surface area contributed by atoms with E-state index in [1.54, 1.807) is 0 Å². The van der Waals surface area contributed by atoms with Crippen molar-refractivity contribution >= 4 is 22.7 Å². The second kappa shape index (κ2) is 9.98. The first-order chi connectivity index (χ1) is 15.1. The summed E-state index contributed by atoms with van der Waals surface area (Å²) in [6.45, 7) is 6.57. The van der Waals surface area contributed by atoms with Crippen LogP contribution in [0.15, 0.2) is 54.7 Å². The van der Waals surface area contributed by atoms with E-state index in [1.807, 2.05) is 61.6 Å². The van der Waals surface area contributed by atoms with Crippen LogP contribution in [-0.2, 0) is 9.47 Å². The molecule has 0 spiro atoms. The molecule has 2 saturated heterocycles. The molecule has 2 aliphatic heterocycles. The second-order valence-electron chi connectivity index (χ2n) is 8.13. The van der Waals surface area contributed by atoms with Crippen LogP contribution in [0.25, 0.3) is 5.57 Å². The fraction of sp³-hybridized carbons (Fsp3) is 0.400. The number of hydrogen-bond donors (Lipinski definition) is 0. The Labute approximate surface area is 184 Å². The quantitative estimate of drug-likeness (QED) is 0.528. The molecule has 0 N–H and O–H groups in total. The number of allylic oxidation sites excluding steroid dienone is 1. The molecule has 0 aliphatic carbocycles. The number of anilines is 2. The fourth-order valence-corrected chi connectivity index (χ4v) is 4.00. The average molecular weight is 422 g/mol. The van der Waals surface area contributed by atoms with Crippen LogP contribution in [0.2, 0.25) is 0 Å². The van der Waals surface area contributed by atoms with Crippen molar-refractivity contribution in [3.05, 3.63) is 65.9 Å². The van der Waals surface area contributed by atoms with Crippen molar-refractivity contribution in [2.24, 2.45) is 0 Å². The minimum Gasteiger partial charge on any atom is -0.383 e. The van der Waals surface area contributed by atoms with Crippen LogP contribution < -0.4 is 9.80 Å². The zero-order chi connectivity index (χ0) is 21.6. The summed E-state index contributed by atoms with van der Waals surface area (Å²) in [5.74, 6) is 0.0290. The van der Waals surface area contributed by atoms with Gasteiger partial charge in [0.1, 0.15) is 0 Å². The number of nitrogens with zero attached hydrogens (tertiary/aromatic N) is 3. The zero-order valence-electron chi connectivity index (χ0n) is 18.4. The van der Waals surface area contributed by atoms with E-state index in [9.17, 15) is 4.79 Å². The summed E-state index contributed by atoms with van der Waals surface area (Å²) in [4.78, 5) is 19.9. The molecule has 2 aromatic rings. The number of ether oxygens (including phenoxy) is 2. The molecule has 6 heteroatoms. The number of benzene rings is 2. The molecule has 2 fully saturated rings. The van der Waals surface area contributed by atoms with Gasteiger partial charge in [0.2, 0.25) is 0 Å². The van der Waals surface area contributed by atoms with E-state index >= 15 is 0 Å². The topological polar surface area (TPSA) is 45.2 Å². The van der Waals surface area contributed by atoms with Gasteiger partial charge in [-0.05, 0) is 42.0 Å². The van der Waals surface area contributed by atoms with E-state index in [4.69, 9.17) is 9.47 Å². The first-order valence-electron chi connectivity index (χ1n) is 10.9. The Morgan fingerprint density at radius 3 is 1.58 bits per heavy atom. The van der Waals surface area contributed by atoms with Gasteiger partial charge in [0.25, 0.3) is 0 Å². The lowest BCUT2D eigenvalue weighted by molar-refractivity contribution is 0.105. The van der Waals surface area contributed by atoms with Gasteiger partial charge in [0.05, 0.1) is 26.4 Å². The lowest BCUT2D eigenvalue weighted by Gasteiger charge is -2.29. The van der Waals surface area contributed by atoms with E-state index in [-0.39, 0.29) is 5.78 Å². The molecule has 164 valence electrons. The predicted molar refractivity (Wildman–Crippen MR) is 125 cm³/mol. The van der Waals surface area contributed by atoms with Crippen LogP contribution >= 0.6 is 0 Å². The highest BCUT2D eigenvalue weighted by molar-refractivity contribution is 6.28. The highest BCUT2D eigenvalue weighted by Gasteiger charge is 2.18.